The van der Waals surface area contributed by atoms with Crippen LogP contribution in [0.1, 0.15) is 41.9 Å². The molecule has 6 nitrogen and oxygen atoms in total. The van der Waals surface area contributed by atoms with E-state index >= 15 is 0 Å². The average Bonchev–Trinajstić information content (AvgIpc) is 2.97. The normalized spacial score (nSPS) is 21.7. The molecule has 21 heavy (non-hydrogen) atoms. The molecule has 2 saturated heterocycles. The van der Waals surface area contributed by atoms with E-state index in [1.807, 2.05) is 4.90 Å². The van der Waals surface area contributed by atoms with Gasteiger partial charge in [-0.15, -0.1) is 0 Å². The summed E-state index contributed by atoms with van der Waals surface area (Å²) in [5.41, 5.74) is 0.843. The summed E-state index contributed by atoms with van der Waals surface area (Å²) in [6.45, 7) is 4.21. The van der Waals surface area contributed by atoms with E-state index in [9.17, 15) is 4.79 Å². The van der Waals surface area contributed by atoms with Gasteiger partial charge in [0.1, 0.15) is 6.61 Å². The van der Waals surface area contributed by atoms with Crippen molar-refractivity contribution in [3.8, 4) is 0 Å². The molecule has 1 amide bonds. The fraction of sp³-hybridized carbons (Fsp3) is 0.733. The number of methoxy groups -OCH3 is 1. The third-order valence-corrected chi connectivity index (χ3v) is 4.84. The van der Waals surface area contributed by atoms with Crippen molar-refractivity contribution < 1.29 is 14.1 Å². The Morgan fingerprint density at radius 3 is 2.76 bits per heavy atom. The van der Waals surface area contributed by atoms with Gasteiger partial charge in [-0.25, -0.2) is 0 Å². The highest BCUT2D eigenvalue weighted by Crippen LogP contribution is 2.39. The zero-order valence-electron chi connectivity index (χ0n) is 12.6. The molecule has 2 aliphatic rings. The fourth-order valence-electron chi connectivity index (χ4n) is 3.43. The second-order valence-corrected chi connectivity index (χ2v) is 6.15. The van der Waals surface area contributed by atoms with Crippen LogP contribution >= 0.6 is 0 Å². The summed E-state index contributed by atoms with van der Waals surface area (Å²) >= 11 is 0. The topological polar surface area (TPSA) is 67.6 Å². The van der Waals surface area contributed by atoms with Crippen LogP contribution in [0.4, 0.5) is 0 Å². The lowest BCUT2D eigenvalue weighted by Gasteiger charge is -2.44. The quantitative estimate of drug-likeness (QED) is 0.913. The van der Waals surface area contributed by atoms with Crippen LogP contribution in [0.25, 0.3) is 0 Å². The molecular formula is C15H23N3O3. The first-order valence-electron chi connectivity index (χ1n) is 7.67. The van der Waals surface area contributed by atoms with Gasteiger partial charge in [0.2, 0.25) is 0 Å². The second kappa shape index (κ2) is 6.15. The van der Waals surface area contributed by atoms with Crippen molar-refractivity contribution in [2.24, 2.45) is 5.41 Å². The van der Waals surface area contributed by atoms with Crippen molar-refractivity contribution in [2.75, 3.05) is 33.3 Å². The minimum Gasteiger partial charge on any atom is -0.377 e. The first-order chi connectivity index (χ1) is 10.2. The van der Waals surface area contributed by atoms with E-state index in [1.165, 1.54) is 12.8 Å². The molecule has 0 saturated carbocycles. The summed E-state index contributed by atoms with van der Waals surface area (Å²) in [6.07, 6.45) is 4.67. The number of likely N-dealkylation sites (tertiary alicyclic amines) is 1. The molecule has 1 spiro atoms. The van der Waals surface area contributed by atoms with Crippen LogP contribution in [0.3, 0.4) is 0 Å². The monoisotopic (exact) mass is 293 g/mol. The standard InChI is InChI=1S/C15H23N3O3/c1-20-11-12-10-13(17-21-12)14(19)18-8-4-15(5-9-18)2-6-16-7-3-15/h10,16H,2-9,11H2,1H3. The first-order valence-corrected chi connectivity index (χ1v) is 7.67. The van der Waals surface area contributed by atoms with Gasteiger partial charge in [-0.3, -0.25) is 4.79 Å². The molecule has 1 aromatic rings. The first kappa shape index (κ1) is 14.5. The average molecular weight is 293 g/mol. The number of rotatable bonds is 3. The van der Waals surface area contributed by atoms with Gasteiger partial charge < -0.3 is 19.5 Å². The predicted octanol–water partition coefficient (Wildman–Crippen LogP) is 1.43. The van der Waals surface area contributed by atoms with E-state index in [2.05, 4.69) is 10.5 Å². The molecule has 1 aromatic heterocycles. The summed E-state index contributed by atoms with van der Waals surface area (Å²) in [4.78, 5) is 14.3. The third-order valence-electron chi connectivity index (χ3n) is 4.84. The van der Waals surface area contributed by atoms with E-state index in [0.29, 0.717) is 23.5 Å². The lowest BCUT2D eigenvalue weighted by molar-refractivity contribution is 0.0487. The van der Waals surface area contributed by atoms with Crippen LogP contribution in [0.15, 0.2) is 10.6 Å². The Bertz CT molecular complexity index is 484. The van der Waals surface area contributed by atoms with Crippen LogP contribution in [0.5, 0.6) is 0 Å². The Labute approximate surface area is 124 Å². The molecule has 0 aliphatic carbocycles. The molecule has 2 fully saturated rings. The maximum Gasteiger partial charge on any atom is 0.276 e. The van der Waals surface area contributed by atoms with Crippen molar-refractivity contribution >= 4 is 5.91 Å². The number of carbonyl (C=O) groups excluding carboxylic acids is 1. The van der Waals surface area contributed by atoms with E-state index in [-0.39, 0.29) is 5.91 Å². The second-order valence-electron chi connectivity index (χ2n) is 6.15. The maximum atomic E-state index is 12.4. The summed E-state index contributed by atoms with van der Waals surface area (Å²) in [5.74, 6) is 0.567. The van der Waals surface area contributed by atoms with E-state index in [1.54, 1.807) is 13.2 Å². The van der Waals surface area contributed by atoms with E-state index < -0.39 is 0 Å². The summed E-state index contributed by atoms with van der Waals surface area (Å²) in [7, 11) is 1.59. The Kier molecular flexibility index (Phi) is 4.26. The number of hydrogen-bond acceptors (Lipinski definition) is 5. The van der Waals surface area contributed by atoms with Crippen LogP contribution in [-0.4, -0.2) is 49.3 Å². The Morgan fingerprint density at radius 1 is 1.38 bits per heavy atom. The number of nitrogens with zero attached hydrogens (tertiary/aromatic N) is 2. The van der Waals surface area contributed by atoms with E-state index in [0.717, 1.165) is 39.0 Å². The van der Waals surface area contributed by atoms with Crippen LogP contribution in [-0.2, 0) is 11.3 Å². The van der Waals surface area contributed by atoms with Gasteiger partial charge in [0.25, 0.3) is 5.91 Å². The van der Waals surface area contributed by atoms with Crippen LogP contribution in [0, 0.1) is 5.41 Å². The molecule has 116 valence electrons. The van der Waals surface area contributed by atoms with Gasteiger partial charge in [-0.2, -0.15) is 0 Å². The van der Waals surface area contributed by atoms with Crippen molar-refractivity contribution in [3.63, 3.8) is 0 Å². The smallest absolute Gasteiger partial charge is 0.276 e. The molecular weight excluding hydrogens is 270 g/mol. The zero-order valence-corrected chi connectivity index (χ0v) is 12.6. The molecule has 3 rings (SSSR count). The molecule has 1 N–H and O–H groups in total. The van der Waals surface area contributed by atoms with Crippen molar-refractivity contribution in [1.82, 2.24) is 15.4 Å². The third kappa shape index (κ3) is 3.11. The Balaban J connectivity index is 1.59. The Morgan fingerprint density at radius 2 is 2.10 bits per heavy atom. The number of nitrogens with one attached hydrogen (secondary N) is 1. The predicted molar refractivity (Wildman–Crippen MR) is 76.9 cm³/mol. The Hall–Kier alpha value is -1.40. The molecule has 2 aliphatic heterocycles. The highest BCUT2D eigenvalue weighted by molar-refractivity contribution is 5.92. The zero-order chi connectivity index (χ0) is 14.7. The largest absolute Gasteiger partial charge is 0.377 e. The van der Waals surface area contributed by atoms with Crippen molar-refractivity contribution in [2.45, 2.75) is 32.3 Å². The van der Waals surface area contributed by atoms with Crippen LogP contribution in [0.2, 0.25) is 0 Å². The van der Waals surface area contributed by atoms with Gasteiger partial charge in [0, 0.05) is 26.3 Å². The lowest BCUT2D eigenvalue weighted by atomic mass is 9.71. The van der Waals surface area contributed by atoms with Crippen LogP contribution < -0.4 is 5.32 Å². The number of ether oxygens (including phenoxy) is 1. The van der Waals surface area contributed by atoms with Crippen molar-refractivity contribution in [1.29, 1.82) is 0 Å². The number of aromatic nitrogens is 1. The van der Waals surface area contributed by atoms with Gasteiger partial charge in [-0.1, -0.05) is 5.16 Å². The molecule has 0 bridgehead atoms. The summed E-state index contributed by atoms with van der Waals surface area (Å²) < 4.78 is 10.1. The number of carbonyl (C=O) groups is 1. The highest BCUT2D eigenvalue weighted by Gasteiger charge is 2.37. The van der Waals surface area contributed by atoms with Gasteiger partial charge in [0.15, 0.2) is 11.5 Å². The van der Waals surface area contributed by atoms with Crippen molar-refractivity contribution in [3.05, 3.63) is 17.5 Å². The lowest BCUT2D eigenvalue weighted by Crippen LogP contribution is -2.47. The summed E-state index contributed by atoms with van der Waals surface area (Å²) in [5, 5.41) is 7.27. The molecule has 0 unspecified atom stereocenters. The number of piperidine rings is 2. The highest BCUT2D eigenvalue weighted by atomic mass is 16.5. The SMILES string of the molecule is COCc1cc(C(=O)N2CCC3(CCNCC3)CC2)no1. The number of hydrogen-bond donors (Lipinski definition) is 1. The minimum absolute atomic E-state index is 0.0233. The fourth-order valence-corrected chi connectivity index (χ4v) is 3.43. The molecule has 0 radical (unpaired) electrons. The molecule has 6 heteroatoms. The molecule has 3 heterocycles. The van der Waals surface area contributed by atoms with Gasteiger partial charge in [-0.05, 0) is 44.2 Å². The summed E-state index contributed by atoms with van der Waals surface area (Å²) in [6, 6.07) is 1.68. The minimum atomic E-state index is -0.0233. The number of amides is 1. The molecule has 0 aromatic carbocycles. The van der Waals surface area contributed by atoms with Gasteiger partial charge in [0.05, 0.1) is 0 Å². The molecule has 0 atom stereocenters. The van der Waals surface area contributed by atoms with E-state index in [4.69, 9.17) is 9.26 Å². The van der Waals surface area contributed by atoms with Gasteiger partial charge >= 0.3 is 0 Å². The maximum absolute atomic E-state index is 12.4.